The summed E-state index contributed by atoms with van der Waals surface area (Å²) in [5.41, 5.74) is -0.0143. The zero-order chi connectivity index (χ0) is 14.5. The van der Waals surface area contributed by atoms with Gasteiger partial charge < -0.3 is 14.8 Å². The Hall–Kier alpha value is -1.80. The molecule has 0 saturated carbocycles. The lowest BCUT2D eigenvalue weighted by Crippen LogP contribution is -2.22. The van der Waals surface area contributed by atoms with Crippen LogP contribution in [-0.2, 0) is 12.3 Å². The highest BCUT2D eigenvalue weighted by Gasteiger charge is 2.13. The van der Waals surface area contributed by atoms with Gasteiger partial charge in [-0.15, -0.1) is 11.3 Å². The Labute approximate surface area is 123 Å². The van der Waals surface area contributed by atoms with E-state index in [-0.39, 0.29) is 23.9 Å². The molecule has 0 radical (unpaired) electrons. The molecule has 2 rings (SSSR count). The number of amides is 1. The van der Waals surface area contributed by atoms with E-state index in [9.17, 15) is 9.59 Å². The first-order valence-corrected chi connectivity index (χ1v) is 7.91. The van der Waals surface area contributed by atoms with E-state index in [0.29, 0.717) is 10.8 Å². The smallest absolute Gasteiger partial charge is 0.355 e. The SMILES string of the molecule is CSCc1ccc(C(=O)NCc2nc(C(=O)O)cs2)o1. The quantitative estimate of drug-likeness (QED) is 0.849. The molecule has 2 aromatic heterocycles. The van der Waals surface area contributed by atoms with Crippen LogP contribution in [0.2, 0.25) is 0 Å². The van der Waals surface area contributed by atoms with Gasteiger partial charge in [-0.2, -0.15) is 11.8 Å². The van der Waals surface area contributed by atoms with Gasteiger partial charge in [0.05, 0.1) is 12.3 Å². The number of hydrogen-bond donors (Lipinski definition) is 2. The van der Waals surface area contributed by atoms with Crippen molar-refractivity contribution in [3.63, 3.8) is 0 Å². The molecule has 8 heteroatoms. The third-order valence-corrected chi connectivity index (χ3v) is 3.77. The summed E-state index contributed by atoms with van der Waals surface area (Å²) in [6.07, 6.45) is 1.95. The maximum atomic E-state index is 11.8. The average Bonchev–Trinajstić information content (AvgIpc) is 3.05. The first-order chi connectivity index (χ1) is 9.60. The molecule has 0 spiro atoms. The highest BCUT2D eigenvalue weighted by atomic mass is 32.2. The fourth-order valence-corrected chi connectivity index (χ4v) is 2.60. The van der Waals surface area contributed by atoms with Gasteiger partial charge in [-0.1, -0.05) is 0 Å². The van der Waals surface area contributed by atoms with E-state index in [2.05, 4.69) is 10.3 Å². The van der Waals surface area contributed by atoms with Crippen LogP contribution >= 0.6 is 23.1 Å². The Morgan fingerprint density at radius 2 is 2.30 bits per heavy atom. The third kappa shape index (κ3) is 3.61. The van der Waals surface area contributed by atoms with Crippen LogP contribution in [-0.4, -0.2) is 28.2 Å². The molecule has 0 bridgehead atoms. The van der Waals surface area contributed by atoms with Crippen LogP contribution in [0.5, 0.6) is 0 Å². The number of aromatic nitrogens is 1. The number of carbonyl (C=O) groups excluding carboxylic acids is 1. The second kappa shape index (κ2) is 6.58. The number of rotatable bonds is 6. The number of furan rings is 1. The maximum absolute atomic E-state index is 11.8. The first kappa shape index (κ1) is 14.6. The van der Waals surface area contributed by atoms with E-state index in [4.69, 9.17) is 9.52 Å². The van der Waals surface area contributed by atoms with Crippen LogP contribution in [0.4, 0.5) is 0 Å². The summed E-state index contributed by atoms with van der Waals surface area (Å²) in [7, 11) is 0. The molecule has 2 aromatic rings. The van der Waals surface area contributed by atoms with Crippen molar-refractivity contribution in [1.82, 2.24) is 10.3 Å². The topological polar surface area (TPSA) is 92.4 Å². The largest absolute Gasteiger partial charge is 0.476 e. The fraction of sp³-hybridized carbons (Fsp3) is 0.250. The predicted molar refractivity (Wildman–Crippen MR) is 76.2 cm³/mol. The number of nitrogens with zero attached hydrogens (tertiary/aromatic N) is 1. The normalized spacial score (nSPS) is 10.4. The molecule has 1 amide bonds. The highest BCUT2D eigenvalue weighted by Crippen LogP contribution is 2.14. The molecule has 0 aliphatic rings. The molecule has 0 fully saturated rings. The van der Waals surface area contributed by atoms with Gasteiger partial charge in [0.15, 0.2) is 11.5 Å². The monoisotopic (exact) mass is 312 g/mol. The van der Waals surface area contributed by atoms with Gasteiger partial charge in [0.2, 0.25) is 0 Å². The summed E-state index contributed by atoms with van der Waals surface area (Å²) in [5.74, 6) is 0.270. The van der Waals surface area contributed by atoms with Gasteiger partial charge in [0.25, 0.3) is 5.91 Å². The Morgan fingerprint density at radius 3 is 2.95 bits per heavy atom. The van der Waals surface area contributed by atoms with Gasteiger partial charge in [0.1, 0.15) is 10.8 Å². The molecule has 0 aromatic carbocycles. The van der Waals surface area contributed by atoms with Crippen LogP contribution in [0.25, 0.3) is 0 Å². The van der Waals surface area contributed by atoms with E-state index in [0.717, 1.165) is 5.76 Å². The number of thiazole rings is 1. The molecule has 0 unspecified atom stereocenters. The van der Waals surface area contributed by atoms with Crippen LogP contribution in [0, 0.1) is 0 Å². The zero-order valence-electron chi connectivity index (χ0n) is 10.6. The van der Waals surface area contributed by atoms with Crippen molar-refractivity contribution in [2.75, 3.05) is 6.26 Å². The average molecular weight is 312 g/mol. The fourth-order valence-electron chi connectivity index (χ4n) is 1.45. The third-order valence-electron chi connectivity index (χ3n) is 2.34. The van der Waals surface area contributed by atoms with E-state index >= 15 is 0 Å². The Morgan fingerprint density at radius 1 is 1.50 bits per heavy atom. The van der Waals surface area contributed by atoms with Gasteiger partial charge in [-0.25, -0.2) is 9.78 Å². The van der Waals surface area contributed by atoms with E-state index in [1.54, 1.807) is 23.9 Å². The van der Waals surface area contributed by atoms with Gasteiger partial charge >= 0.3 is 5.97 Å². The predicted octanol–water partition coefficient (Wildman–Crippen LogP) is 2.23. The lowest BCUT2D eigenvalue weighted by Gasteiger charge is -1.99. The van der Waals surface area contributed by atoms with Crippen molar-refractivity contribution >= 4 is 35.0 Å². The van der Waals surface area contributed by atoms with Crippen molar-refractivity contribution in [3.8, 4) is 0 Å². The van der Waals surface area contributed by atoms with Crippen molar-refractivity contribution in [1.29, 1.82) is 0 Å². The summed E-state index contributed by atoms with van der Waals surface area (Å²) < 4.78 is 5.37. The molecular formula is C12H12N2O4S2. The van der Waals surface area contributed by atoms with Crippen molar-refractivity contribution in [2.24, 2.45) is 0 Å². The molecule has 20 heavy (non-hydrogen) atoms. The molecule has 6 nitrogen and oxygen atoms in total. The van der Waals surface area contributed by atoms with Crippen LogP contribution in [0.1, 0.15) is 31.8 Å². The number of aromatic carboxylic acids is 1. The number of carboxylic acid groups (broad SMARTS) is 1. The summed E-state index contributed by atoms with van der Waals surface area (Å²) >= 11 is 2.79. The summed E-state index contributed by atoms with van der Waals surface area (Å²) in [5, 5.41) is 13.4. The maximum Gasteiger partial charge on any atom is 0.355 e. The van der Waals surface area contributed by atoms with Gasteiger partial charge in [-0.05, 0) is 18.4 Å². The summed E-state index contributed by atoms with van der Waals surface area (Å²) in [4.78, 5) is 26.4. The van der Waals surface area contributed by atoms with Gasteiger partial charge in [0, 0.05) is 5.38 Å². The lowest BCUT2D eigenvalue weighted by molar-refractivity contribution is 0.0691. The van der Waals surface area contributed by atoms with Crippen LogP contribution in [0.3, 0.4) is 0 Å². The van der Waals surface area contributed by atoms with E-state index in [1.807, 2.05) is 6.26 Å². The Balaban J connectivity index is 1.91. The molecule has 2 N–H and O–H groups in total. The number of carboxylic acids is 1. The minimum Gasteiger partial charge on any atom is -0.476 e. The summed E-state index contributed by atoms with van der Waals surface area (Å²) in [6.45, 7) is 0.176. The zero-order valence-corrected chi connectivity index (χ0v) is 12.2. The van der Waals surface area contributed by atoms with E-state index in [1.165, 1.54) is 16.7 Å². The summed E-state index contributed by atoms with van der Waals surface area (Å²) in [6, 6.07) is 3.38. The number of carbonyl (C=O) groups is 2. The second-order valence-corrected chi connectivity index (χ2v) is 5.62. The van der Waals surface area contributed by atoms with Gasteiger partial charge in [-0.3, -0.25) is 4.79 Å². The van der Waals surface area contributed by atoms with Crippen molar-refractivity contribution in [3.05, 3.63) is 39.7 Å². The van der Waals surface area contributed by atoms with Crippen molar-refractivity contribution < 1.29 is 19.1 Å². The second-order valence-electron chi connectivity index (χ2n) is 3.81. The Bertz CT molecular complexity index is 621. The van der Waals surface area contributed by atoms with Crippen molar-refractivity contribution in [2.45, 2.75) is 12.3 Å². The Kier molecular flexibility index (Phi) is 4.80. The molecule has 106 valence electrons. The van der Waals surface area contributed by atoms with E-state index < -0.39 is 5.97 Å². The molecule has 0 saturated heterocycles. The lowest BCUT2D eigenvalue weighted by atomic mass is 10.4. The van der Waals surface area contributed by atoms with Crippen LogP contribution < -0.4 is 5.32 Å². The standard InChI is InChI=1S/C12H12N2O4S2/c1-19-5-7-2-3-9(18-7)11(15)13-4-10-14-8(6-20-10)12(16)17/h2-3,6H,4-5H2,1H3,(H,13,15)(H,16,17). The molecule has 2 heterocycles. The molecule has 0 aliphatic carbocycles. The number of nitrogens with one attached hydrogen (secondary N) is 1. The molecular weight excluding hydrogens is 300 g/mol. The first-order valence-electron chi connectivity index (χ1n) is 5.63. The number of hydrogen-bond acceptors (Lipinski definition) is 6. The number of thioether (sulfide) groups is 1. The molecule has 0 aliphatic heterocycles. The van der Waals surface area contributed by atoms with Crippen LogP contribution in [0.15, 0.2) is 21.9 Å². The highest BCUT2D eigenvalue weighted by molar-refractivity contribution is 7.97. The minimum atomic E-state index is -1.08. The minimum absolute atomic E-state index is 0.0143. The molecule has 0 atom stereocenters.